The fraction of sp³-hybridized carbons (Fsp3) is 0.500. The first-order chi connectivity index (χ1) is 6.61. The number of carbonyl (C=O) groups excluding carboxylic acids is 1. The highest BCUT2D eigenvalue weighted by molar-refractivity contribution is 5.93. The SMILES string of the molecule is Cc1nonc1C(=O)N/N=C/C(C)C. The predicted octanol–water partition coefficient (Wildman–Crippen LogP) is 0.750. The molecule has 0 aliphatic rings. The molecular weight excluding hydrogens is 184 g/mol. The van der Waals surface area contributed by atoms with Gasteiger partial charge in [-0.05, 0) is 18.0 Å². The number of hydrogen-bond acceptors (Lipinski definition) is 5. The van der Waals surface area contributed by atoms with Crippen LogP contribution >= 0.6 is 0 Å². The number of rotatable bonds is 3. The number of hydrazone groups is 1. The van der Waals surface area contributed by atoms with Crippen molar-refractivity contribution < 1.29 is 9.42 Å². The first-order valence-electron chi connectivity index (χ1n) is 4.24. The first kappa shape index (κ1) is 10.4. The van der Waals surface area contributed by atoms with E-state index in [0.29, 0.717) is 5.69 Å². The molecule has 0 fully saturated rings. The Labute approximate surface area is 81.3 Å². The molecule has 76 valence electrons. The standard InChI is InChI=1S/C8H12N4O2/c1-5(2)4-9-10-8(13)7-6(3)11-14-12-7/h4-5H,1-3H3,(H,10,13)/b9-4+. The van der Waals surface area contributed by atoms with Crippen molar-refractivity contribution in [2.75, 3.05) is 0 Å². The normalized spacial score (nSPS) is 11.1. The van der Waals surface area contributed by atoms with Gasteiger partial charge in [0.15, 0.2) is 5.69 Å². The summed E-state index contributed by atoms with van der Waals surface area (Å²) in [7, 11) is 0. The number of aromatic nitrogens is 2. The zero-order chi connectivity index (χ0) is 10.6. The van der Waals surface area contributed by atoms with Gasteiger partial charge in [0.05, 0.1) is 0 Å². The molecule has 6 nitrogen and oxygen atoms in total. The lowest BCUT2D eigenvalue weighted by Crippen LogP contribution is -2.19. The summed E-state index contributed by atoms with van der Waals surface area (Å²) in [5.74, 6) is -0.132. The summed E-state index contributed by atoms with van der Waals surface area (Å²) in [5, 5.41) is 10.7. The molecule has 1 aromatic heterocycles. The van der Waals surface area contributed by atoms with Crippen molar-refractivity contribution in [3.63, 3.8) is 0 Å². The van der Waals surface area contributed by atoms with Gasteiger partial charge in [-0.15, -0.1) is 0 Å². The third-order valence-corrected chi connectivity index (χ3v) is 1.41. The van der Waals surface area contributed by atoms with E-state index in [-0.39, 0.29) is 11.6 Å². The Morgan fingerprint density at radius 3 is 2.79 bits per heavy atom. The monoisotopic (exact) mass is 196 g/mol. The van der Waals surface area contributed by atoms with Gasteiger partial charge in [-0.3, -0.25) is 4.79 Å². The summed E-state index contributed by atoms with van der Waals surface area (Å²) in [4.78, 5) is 11.3. The highest BCUT2D eigenvalue weighted by Crippen LogP contribution is 1.99. The number of amides is 1. The summed E-state index contributed by atoms with van der Waals surface area (Å²) in [6, 6.07) is 0. The van der Waals surface area contributed by atoms with E-state index in [4.69, 9.17) is 0 Å². The molecule has 0 spiro atoms. The van der Waals surface area contributed by atoms with Crippen molar-refractivity contribution in [2.24, 2.45) is 11.0 Å². The topological polar surface area (TPSA) is 80.4 Å². The van der Waals surface area contributed by atoms with Crippen molar-refractivity contribution in [1.82, 2.24) is 15.7 Å². The Bertz CT molecular complexity index is 343. The van der Waals surface area contributed by atoms with Crippen molar-refractivity contribution in [3.8, 4) is 0 Å². The molecule has 14 heavy (non-hydrogen) atoms. The molecule has 0 aromatic carbocycles. The highest BCUT2D eigenvalue weighted by Gasteiger charge is 2.13. The third kappa shape index (κ3) is 2.65. The molecule has 0 atom stereocenters. The van der Waals surface area contributed by atoms with Gasteiger partial charge in [0.2, 0.25) is 0 Å². The molecule has 1 aromatic rings. The van der Waals surface area contributed by atoms with E-state index in [9.17, 15) is 4.79 Å². The van der Waals surface area contributed by atoms with Crippen LogP contribution in [0.4, 0.5) is 0 Å². The highest BCUT2D eigenvalue weighted by atomic mass is 16.6. The first-order valence-corrected chi connectivity index (χ1v) is 4.24. The van der Waals surface area contributed by atoms with Crippen LogP contribution in [0.3, 0.4) is 0 Å². The van der Waals surface area contributed by atoms with Gasteiger partial charge in [-0.25, -0.2) is 10.1 Å². The number of nitrogens with one attached hydrogen (secondary N) is 1. The zero-order valence-electron chi connectivity index (χ0n) is 8.31. The summed E-state index contributed by atoms with van der Waals surface area (Å²) in [5.41, 5.74) is 2.93. The molecule has 0 radical (unpaired) electrons. The van der Waals surface area contributed by atoms with Gasteiger partial charge in [0.25, 0.3) is 5.91 Å². The molecule has 0 bridgehead atoms. The molecular formula is C8H12N4O2. The Morgan fingerprint density at radius 1 is 1.57 bits per heavy atom. The third-order valence-electron chi connectivity index (χ3n) is 1.41. The summed E-state index contributed by atoms with van der Waals surface area (Å²) >= 11 is 0. The second-order valence-electron chi connectivity index (χ2n) is 3.16. The minimum atomic E-state index is -0.416. The smallest absolute Gasteiger partial charge is 0.265 e. The van der Waals surface area contributed by atoms with E-state index in [1.54, 1.807) is 13.1 Å². The molecule has 1 N–H and O–H groups in total. The maximum atomic E-state index is 11.3. The Morgan fingerprint density at radius 2 is 2.29 bits per heavy atom. The number of carbonyl (C=O) groups is 1. The summed E-state index contributed by atoms with van der Waals surface area (Å²) in [6.07, 6.45) is 1.63. The van der Waals surface area contributed by atoms with Crippen LogP contribution in [0.1, 0.15) is 30.0 Å². The molecule has 1 heterocycles. The van der Waals surface area contributed by atoms with Crippen LogP contribution in [0.25, 0.3) is 0 Å². The van der Waals surface area contributed by atoms with Crippen LogP contribution in [-0.4, -0.2) is 22.4 Å². The maximum absolute atomic E-state index is 11.3. The Kier molecular flexibility index (Phi) is 3.33. The fourth-order valence-electron chi connectivity index (χ4n) is 0.735. The number of nitrogens with zero attached hydrogens (tertiary/aromatic N) is 3. The van der Waals surface area contributed by atoms with E-state index in [0.717, 1.165) is 0 Å². The van der Waals surface area contributed by atoms with E-state index in [2.05, 4.69) is 25.5 Å². The largest absolute Gasteiger partial charge is 0.295 e. The second kappa shape index (κ2) is 4.50. The minimum absolute atomic E-state index is 0.158. The van der Waals surface area contributed by atoms with E-state index < -0.39 is 5.91 Å². The van der Waals surface area contributed by atoms with Crippen LogP contribution < -0.4 is 5.43 Å². The fourth-order valence-corrected chi connectivity index (χ4v) is 0.735. The maximum Gasteiger partial charge on any atom is 0.295 e. The van der Waals surface area contributed by atoms with Gasteiger partial charge in [0.1, 0.15) is 5.69 Å². The molecule has 0 saturated carbocycles. The van der Waals surface area contributed by atoms with Crippen molar-refractivity contribution >= 4 is 12.1 Å². The molecule has 0 aliphatic carbocycles. The molecule has 1 amide bonds. The van der Waals surface area contributed by atoms with Crippen LogP contribution in [0.2, 0.25) is 0 Å². The minimum Gasteiger partial charge on any atom is -0.265 e. The number of aryl methyl sites for hydroxylation is 1. The van der Waals surface area contributed by atoms with E-state index >= 15 is 0 Å². The average Bonchev–Trinajstić information content (AvgIpc) is 2.50. The van der Waals surface area contributed by atoms with Crippen molar-refractivity contribution in [3.05, 3.63) is 11.4 Å². The number of hydrogen-bond donors (Lipinski definition) is 1. The summed E-state index contributed by atoms with van der Waals surface area (Å²) < 4.78 is 4.38. The molecule has 0 aliphatic heterocycles. The van der Waals surface area contributed by atoms with Gasteiger partial charge >= 0.3 is 0 Å². The molecule has 6 heteroatoms. The molecule has 0 unspecified atom stereocenters. The second-order valence-corrected chi connectivity index (χ2v) is 3.16. The Balaban J connectivity index is 2.56. The average molecular weight is 196 g/mol. The zero-order valence-corrected chi connectivity index (χ0v) is 8.31. The van der Waals surface area contributed by atoms with Crippen LogP contribution in [0.15, 0.2) is 9.73 Å². The van der Waals surface area contributed by atoms with Gasteiger partial charge in [-0.2, -0.15) is 5.10 Å². The predicted molar refractivity (Wildman–Crippen MR) is 49.8 cm³/mol. The van der Waals surface area contributed by atoms with Gasteiger partial charge in [-0.1, -0.05) is 19.0 Å². The Hall–Kier alpha value is -1.72. The lowest BCUT2D eigenvalue weighted by molar-refractivity contribution is 0.0944. The van der Waals surface area contributed by atoms with Gasteiger partial charge in [0, 0.05) is 6.21 Å². The lowest BCUT2D eigenvalue weighted by Gasteiger charge is -1.95. The van der Waals surface area contributed by atoms with Gasteiger partial charge < -0.3 is 0 Å². The molecule has 0 saturated heterocycles. The summed E-state index contributed by atoms with van der Waals surface area (Å²) in [6.45, 7) is 5.55. The van der Waals surface area contributed by atoms with Crippen molar-refractivity contribution in [1.29, 1.82) is 0 Å². The quantitative estimate of drug-likeness (QED) is 0.571. The van der Waals surface area contributed by atoms with Crippen LogP contribution in [0, 0.1) is 12.8 Å². The van der Waals surface area contributed by atoms with Crippen LogP contribution in [0.5, 0.6) is 0 Å². The molecule has 1 rings (SSSR count). The van der Waals surface area contributed by atoms with E-state index in [1.165, 1.54) is 0 Å². The van der Waals surface area contributed by atoms with Crippen molar-refractivity contribution in [2.45, 2.75) is 20.8 Å². The lowest BCUT2D eigenvalue weighted by atomic mass is 10.3. The van der Waals surface area contributed by atoms with E-state index in [1.807, 2.05) is 13.8 Å². The van der Waals surface area contributed by atoms with Crippen LogP contribution in [-0.2, 0) is 0 Å².